The van der Waals surface area contributed by atoms with Gasteiger partial charge in [0.1, 0.15) is 49.8 Å². The largest absolute Gasteiger partial charge is 0.496 e. The van der Waals surface area contributed by atoms with E-state index >= 15 is 0 Å². The fraction of sp³-hybridized carbons (Fsp3) is 0.360. The molecule has 3 aliphatic rings. The van der Waals surface area contributed by atoms with Crippen molar-refractivity contribution < 1.29 is 28.7 Å². The average Bonchev–Trinajstić information content (AvgIpc) is 3.23. The summed E-state index contributed by atoms with van der Waals surface area (Å²) in [6, 6.07) is 4.34. The maximum Gasteiger partial charge on any atom is 0.255 e. The summed E-state index contributed by atoms with van der Waals surface area (Å²) >= 11 is 0. The van der Waals surface area contributed by atoms with E-state index in [9.17, 15) is 19.2 Å². The first-order valence-electron chi connectivity index (χ1n) is 12.5. The number of fused-ring (bicyclic) bond motifs is 1. The van der Waals surface area contributed by atoms with Crippen LogP contribution >= 0.6 is 0 Å². The minimum atomic E-state index is -1.87. The lowest BCUT2D eigenvalue weighted by Crippen LogP contribution is -2.60. The van der Waals surface area contributed by atoms with Gasteiger partial charge in [0.15, 0.2) is 0 Å². The van der Waals surface area contributed by atoms with Gasteiger partial charge in [0.25, 0.3) is 5.91 Å². The minimum absolute atomic E-state index is 0.00602. The Morgan fingerprint density at radius 3 is 2.55 bits per heavy atom. The molecule has 1 N–H and O–H groups in total. The van der Waals surface area contributed by atoms with Crippen LogP contribution in [0.2, 0.25) is 0 Å². The van der Waals surface area contributed by atoms with Crippen molar-refractivity contribution in [3.8, 4) is 5.75 Å². The number of imide groups is 1. The summed E-state index contributed by atoms with van der Waals surface area (Å²) in [7, 11) is 38.1. The van der Waals surface area contributed by atoms with Crippen LogP contribution in [0.25, 0.3) is 0 Å². The van der Waals surface area contributed by atoms with Gasteiger partial charge in [0.05, 0.1) is 34.8 Å². The molecule has 0 aliphatic carbocycles. The van der Waals surface area contributed by atoms with Crippen molar-refractivity contribution in [2.75, 3.05) is 19.8 Å². The number of nitrogens with zero attached hydrogens (tertiary/aromatic N) is 2. The monoisotopic (exact) mass is 523 g/mol. The number of carbonyl (C=O) groups is 4. The number of ether oxygens (including phenoxy) is 2. The molecule has 2 fully saturated rings. The molecule has 0 aromatic heterocycles. The molecule has 2 aromatic carbocycles. The highest BCUT2D eigenvalue weighted by atomic mass is 16.5. The molecule has 3 heterocycles. The van der Waals surface area contributed by atoms with Crippen molar-refractivity contribution in [2.45, 2.75) is 36.8 Å². The average molecular weight is 522 g/mol. The molecule has 0 saturated carbocycles. The molecule has 4 amide bonds. The Bertz CT molecular complexity index is 1440. The van der Waals surface area contributed by atoms with Gasteiger partial charge in [-0.1, -0.05) is 34.1 Å². The Kier molecular flexibility index (Phi) is 7.46. The zero-order valence-corrected chi connectivity index (χ0v) is 21.5. The van der Waals surface area contributed by atoms with Crippen molar-refractivity contribution in [1.29, 1.82) is 0 Å². The van der Waals surface area contributed by atoms with Gasteiger partial charge in [-0.25, -0.2) is 0 Å². The molecule has 12 radical (unpaired) electrons. The molecule has 5 rings (SSSR count). The Hall–Kier alpha value is -3.33. The summed E-state index contributed by atoms with van der Waals surface area (Å²) in [6.07, 6.45) is 0.358. The maximum atomic E-state index is 13.1. The topological polar surface area (TPSA) is 105 Å². The molecule has 2 atom stereocenters. The van der Waals surface area contributed by atoms with Gasteiger partial charge in [0, 0.05) is 24.1 Å². The third-order valence-electron chi connectivity index (χ3n) is 7.40. The predicted octanol–water partition coefficient (Wildman–Crippen LogP) is -3.62. The van der Waals surface area contributed by atoms with Crippen LogP contribution in [0.15, 0.2) is 24.3 Å². The molecule has 0 spiro atoms. The summed E-state index contributed by atoms with van der Waals surface area (Å²) in [5.74, 6) is -1.40. The summed E-state index contributed by atoms with van der Waals surface area (Å²) in [6.45, 7) is 0.257. The first-order chi connectivity index (χ1) is 18.9. The summed E-state index contributed by atoms with van der Waals surface area (Å²) in [4.78, 5) is 52.1. The number of benzene rings is 2. The Morgan fingerprint density at radius 1 is 1.10 bits per heavy atom. The van der Waals surface area contributed by atoms with Crippen molar-refractivity contribution >= 4 is 87.1 Å². The third-order valence-corrected chi connectivity index (χ3v) is 7.40. The smallest absolute Gasteiger partial charge is 0.255 e. The van der Waals surface area contributed by atoms with Crippen molar-refractivity contribution in [2.24, 2.45) is 0 Å². The fourth-order valence-electron chi connectivity index (χ4n) is 5.36. The van der Waals surface area contributed by atoms with Gasteiger partial charge in [0.2, 0.25) is 17.7 Å². The molecule has 2 saturated heterocycles. The zero-order chi connectivity index (χ0) is 28.9. The van der Waals surface area contributed by atoms with E-state index in [1.54, 1.807) is 18.2 Å². The second kappa shape index (κ2) is 10.6. The molecule has 2 unspecified atom stereocenters. The van der Waals surface area contributed by atoms with Gasteiger partial charge >= 0.3 is 0 Å². The number of morpholine rings is 1. The van der Waals surface area contributed by atoms with E-state index in [0.29, 0.717) is 16.9 Å². The zero-order valence-electron chi connectivity index (χ0n) is 21.5. The van der Waals surface area contributed by atoms with Gasteiger partial charge in [-0.15, -0.1) is 0 Å². The van der Waals surface area contributed by atoms with Crippen LogP contribution in [-0.2, 0) is 31.0 Å². The Morgan fingerprint density at radius 2 is 1.85 bits per heavy atom. The van der Waals surface area contributed by atoms with E-state index in [1.165, 1.54) is 15.9 Å². The molecular weight excluding hydrogens is 503 g/mol. The standard InChI is InChI=1S/C25H19B6N3O6/c26-14-8-12(20(27)21(28)19(14)25(30,31)34-6-7-39-10-18(34)36)22(29)40-16-3-1-2-11-13(16)9-33(24(11)38)15-4-5-17(35)32-23(15)37/h1-3,8,15,22H,4-7,9-10H2,(H,32,35,37). The number of hydrogen-bond donors (Lipinski definition) is 1. The SMILES string of the molecule is [B]c1cc(C([B])Oc2cccc3c2CN(C2CCC(=O)NC2=O)C3=O)c([B])c([B])c1C([B])([B])N1CCOCC1=O. The lowest BCUT2D eigenvalue weighted by atomic mass is 9.50. The van der Waals surface area contributed by atoms with E-state index < -0.39 is 29.2 Å². The first-order valence-corrected chi connectivity index (χ1v) is 12.5. The van der Waals surface area contributed by atoms with Gasteiger partial charge < -0.3 is 19.3 Å². The number of carbonyl (C=O) groups excluding carboxylic acids is 4. The van der Waals surface area contributed by atoms with Crippen LogP contribution < -0.4 is 26.4 Å². The molecule has 188 valence electrons. The highest BCUT2D eigenvalue weighted by Crippen LogP contribution is 2.35. The highest BCUT2D eigenvalue weighted by Gasteiger charge is 2.40. The van der Waals surface area contributed by atoms with E-state index in [-0.39, 0.29) is 78.5 Å². The Balaban J connectivity index is 1.41. The second-order valence-corrected chi connectivity index (χ2v) is 9.90. The molecule has 0 bridgehead atoms. The van der Waals surface area contributed by atoms with E-state index in [1.807, 2.05) is 0 Å². The van der Waals surface area contributed by atoms with Crippen LogP contribution in [0.3, 0.4) is 0 Å². The van der Waals surface area contributed by atoms with E-state index in [4.69, 9.17) is 56.6 Å². The van der Waals surface area contributed by atoms with Gasteiger partial charge in [-0.05, 0) is 29.5 Å². The molecule has 15 heteroatoms. The molecular formula is C25H19B6N3O6. The van der Waals surface area contributed by atoms with E-state index in [2.05, 4.69) is 5.32 Å². The number of rotatable bonds is 6. The number of hydrogen-bond acceptors (Lipinski definition) is 6. The van der Waals surface area contributed by atoms with Crippen LogP contribution in [0, 0.1) is 0 Å². The summed E-state index contributed by atoms with van der Waals surface area (Å²) in [5, 5.41) is 0.402. The number of amides is 4. The van der Waals surface area contributed by atoms with Crippen LogP contribution in [-0.4, -0.2) is 106 Å². The first kappa shape index (κ1) is 28.2. The third kappa shape index (κ3) is 4.78. The lowest BCUT2D eigenvalue weighted by molar-refractivity contribution is -0.145. The highest BCUT2D eigenvalue weighted by molar-refractivity contribution is 6.55. The van der Waals surface area contributed by atoms with Crippen molar-refractivity contribution in [3.63, 3.8) is 0 Å². The molecule has 9 nitrogen and oxygen atoms in total. The van der Waals surface area contributed by atoms with Crippen molar-refractivity contribution in [1.82, 2.24) is 15.1 Å². The van der Waals surface area contributed by atoms with Crippen LogP contribution in [0.1, 0.15) is 45.9 Å². The quantitative estimate of drug-likeness (QED) is 0.311. The lowest BCUT2D eigenvalue weighted by Gasteiger charge is -2.45. The maximum absolute atomic E-state index is 13.1. The van der Waals surface area contributed by atoms with Crippen LogP contribution in [0.5, 0.6) is 5.75 Å². The predicted molar refractivity (Wildman–Crippen MR) is 150 cm³/mol. The summed E-state index contributed by atoms with van der Waals surface area (Å²) in [5.41, 5.74) is 1.15. The van der Waals surface area contributed by atoms with E-state index in [0.717, 1.165) is 0 Å². The number of nitrogens with one attached hydrogen (secondary N) is 1. The number of piperidine rings is 1. The van der Waals surface area contributed by atoms with Gasteiger partial charge in [-0.2, -0.15) is 0 Å². The second-order valence-electron chi connectivity index (χ2n) is 9.90. The van der Waals surface area contributed by atoms with Crippen LogP contribution in [0.4, 0.5) is 0 Å². The molecule has 2 aromatic rings. The molecule has 3 aliphatic heterocycles. The van der Waals surface area contributed by atoms with Crippen molar-refractivity contribution in [3.05, 3.63) is 46.5 Å². The minimum Gasteiger partial charge on any atom is -0.496 e. The van der Waals surface area contributed by atoms with Gasteiger partial charge in [-0.3, -0.25) is 24.5 Å². The summed E-state index contributed by atoms with van der Waals surface area (Å²) < 4.78 is 11.2. The molecule has 40 heavy (non-hydrogen) atoms. The normalized spacial score (nSPS) is 20.4. The Labute approximate surface area is 239 Å². The fourth-order valence-corrected chi connectivity index (χ4v) is 5.36.